The molecule has 0 radical (unpaired) electrons. The Morgan fingerprint density at radius 1 is 1.16 bits per heavy atom. The number of nitriles is 1. The zero-order valence-corrected chi connectivity index (χ0v) is 21.4. The normalized spacial score (nSPS) is 18.8. The van der Waals surface area contributed by atoms with Gasteiger partial charge >= 0.3 is 0 Å². The van der Waals surface area contributed by atoms with Crippen molar-refractivity contribution >= 4 is 17.2 Å². The fourth-order valence-corrected chi connectivity index (χ4v) is 5.20. The number of nitro groups is 1. The highest BCUT2D eigenvalue weighted by molar-refractivity contribution is 6.02. The van der Waals surface area contributed by atoms with Gasteiger partial charge in [-0.1, -0.05) is 26.0 Å². The van der Waals surface area contributed by atoms with E-state index in [1.807, 2.05) is 27.7 Å². The summed E-state index contributed by atoms with van der Waals surface area (Å²) < 4.78 is 11.6. The smallest absolute Gasteiger partial charge is 0.293 e. The molecule has 0 saturated heterocycles. The van der Waals surface area contributed by atoms with E-state index >= 15 is 0 Å². The molecule has 1 aliphatic heterocycles. The van der Waals surface area contributed by atoms with E-state index in [0.717, 1.165) is 0 Å². The molecule has 4 rings (SSSR count). The lowest BCUT2D eigenvalue weighted by molar-refractivity contribution is -0.384. The fraction of sp³-hybridized carbons (Fsp3) is 0.357. The van der Waals surface area contributed by atoms with Crippen molar-refractivity contribution in [2.24, 2.45) is 11.1 Å². The van der Waals surface area contributed by atoms with Gasteiger partial charge in [-0.25, -0.2) is 0 Å². The van der Waals surface area contributed by atoms with Gasteiger partial charge in [0, 0.05) is 29.3 Å². The molecule has 0 saturated carbocycles. The van der Waals surface area contributed by atoms with Gasteiger partial charge in [0.15, 0.2) is 5.78 Å². The molecular weight excluding hydrogens is 472 g/mol. The third-order valence-electron chi connectivity index (χ3n) is 6.60. The molecular formula is C28H30N4O5. The van der Waals surface area contributed by atoms with Gasteiger partial charge in [0.1, 0.15) is 23.0 Å². The summed E-state index contributed by atoms with van der Waals surface area (Å²) in [7, 11) is 0. The maximum atomic E-state index is 13.8. The Morgan fingerprint density at radius 2 is 1.86 bits per heavy atom. The van der Waals surface area contributed by atoms with Crippen LogP contribution < -0.4 is 20.1 Å². The predicted octanol–water partition coefficient (Wildman–Crippen LogP) is 5.33. The Hall–Kier alpha value is -4.32. The number of hydrogen-bond acceptors (Lipinski definition) is 8. The molecule has 0 aromatic heterocycles. The summed E-state index contributed by atoms with van der Waals surface area (Å²) in [4.78, 5) is 26.8. The molecule has 2 aromatic carbocycles. The van der Waals surface area contributed by atoms with E-state index in [0.29, 0.717) is 48.0 Å². The predicted molar refractivity (Wildman–Crippen MR) is 139 cm³/mol. The highest BCUT2D eigenvalue weighted by atomic mass is 16.6. The number of allylic oxidation sites excluding steroid dienone is 3. The molecule has 1 atom stereocenters. The van der Waals surface area contributed by atoms with Crippen LogP contribution in [0.5, 0.6) is 11.5 Å². The molecule has 192 valence electrons. The number of Topliss-reactive ketones (excluding diaryl/α,β-unsaturated/α-hetero) is 1. The van der Waals surface area contributed by atoms with Gasteiger partial charge in [0.2, 0.25) is 0 Å². The molecule has 37 heavy (non-hydrogen) atoms. The van der Waals surface area contributed by atoms with Gasteiger partial charge in [-0.05, 0) is 49.9 Å². The number of nitro benzene ring substituents is 1. The summed E-state index contributed by atoms with van der Waals surface area (Å²) >= 11 is 0. The first-order valence-corrected chi connectivity index (χ1v) is 12.2. The number of hydrogen-bond donors (Lipinski definition) is 1. The summed E-state index contributed by atoms with van der Waals surface area (Å²) in [5.41, 5.74) is 7.97. The second-order valence-corrected chi connectivity index (χ2v) is 9.79. The number of nitrogens with two attached hydrogens (primary N) is 1. The monoisotopic (exact) mass is 502 g/mol. The minimum Gasteiger partial charge on any atom is -0.494 e. The largest absolute Gasteiger partial charge is 0.494 e. The molecule has 1 heterocycles. The SMILES string of the molecule is CCOc1ccc(OCC)c(C2C(C#N)=C(N)N(c3ccccc3[N+](=O)[O-])C3=C2C(=O)CC(C)(C)C3)c1. The number of anilines is 1. The van der Waals surface area contributed by atoms with Crippen molar-refractivity contribution in [1.82, 2.24) is 0 Å². The Bertz CT molecular complexity index is 1370. The Kier molecular flexibility index (Phi) is 6.94. The molecule has 0 spiro atoms. The van der Waals surface area contributed by atoms with Crippen LogP contribution in [0.25, 0.3) is 0 Å². The highest BCUT2D eigenvalue weighted by Gasteiger charge is 2.46. The zero-order chi connectivity index (χ0) is 26.9. The van der Waals surface area contributed by atoms with Crippen molar-refractivity contribution in [2.45, 2.75) is 46.5 Å². The standard InChI is InChI=1S/C28H30N4O5/c1-5-36-17-11-12-24(37-6-2)18(13-17)25-19(16-29)27(30)31(20-9-7-8-10-21(20)32(34)35)22-14-28(3,4)15-23(33)26(22)25/h7-13,25H,5-6,14-15,30H2,1-4H3. The Morgan fingerprint density at radius 3 is 2.51 bits per heavy atom. The molecule has 0 amide bonds. The second kappa shape index (κ2) is 9.97. The molecule has 0 fully saturated rings. The maximum Gasteiger partial charge on any atom is 0.293 e. The third kappa shape index (κ3) is 4.62. The van der Waals surface area contributed by atoms with Crippen LogP contribution in [-0.2, 0) is 4.79 Å². The van der Waals surface area contributed by atoms with Gasteiger partial charge in [-0.15, -0.1) is 0 Å². The average molecular weight is 503 g/mol. The zero-order valence-electron chi connectivity index (χ0n) is 21.4. The van der Waals surface area contributed by atoms with Crippen molar-refractivity contribution < 1.29 is 19.2 Å². The Labute approximate surface area is 215 Å². The van der Waals surface area contributed by atoms with Gasteiger partial charge in [-0.2, -0.15) is 5.26 Å². The summed E-state index contributed by atoms with van der Waals surface area (Å²) in [6, 6.07) is 13.7. The number of benzene rings is 2. The first kappa shape index (κ1) is 25.8. The molecule has 1 unspecified atom stereocenters. The van der Waals surface area contributed by atoms with Crippen LogP contribution in [-0.4, -0.2) is 23.9 Å². The lowest BCUT2D eigenvalue weighted by atomic mass is 9.68. The van der Waals surface area contributed by atoms with Crippen LogP contribution in [0.1, 0.15) is 52.0 Å². The van der Waals surface area contributed by atoms with Gasteiger partial charge in [-0.3, -0.25) is 19.8 Å². The first-order valence-electron chi connectivity index (χ1n) is 12.2. The van der Waals surface area contributed by atoms with Crippen LogP contribution in [0.4, 0.5) is 11.4 Å². The number of ether oxygens (including phenoxy) is 2. The summed E-state index contributed by atoms with van der Waals surface area (Å²) in [5, 5.41) is 22.3. The summed E-state index contributed by atoms with van der Waals surface area (Å²) in [6.45, 7) is 8.49. The highest BCUT2D eigenvalue weighted by Crippen LogP contribution is 2.52. The second-order valence-electron chi connectivity index (χ2n) is 9.79. The van der Waals surface area contributed by atoms with Crippen LogP contribution in [0.2, 0.25) is 0 Å². The minimum absolute atomic E-state index is 0.0512. The molecule has 2 aromatic rings. The molecule has 0 bridgehead atoms. The van der Waals surface area contributed by atoms with Crippen LogP contribution in [0.3, 0.4) is 0 Å². The summed E-state index contributed by atoms with van der Waals surface area (Å²) in [5.74, 6) is 0.202. The maximum absolute atomic E-state index is 13.8. The van der Waals surface area contributed by atoms with E-state index in [-0.39, 0.29) is 35.0 Å². The van der Waals surface area contributed by atoms with E-state index in [9.17, 15) is 20.2 Å². The van der Waals surface area contributed by atoms with Crippen molar-refractivity contribution in [3.8, 4) is 17.6 Å². The quantitative estimate of drug-likeness (QED) is 0.397. The van der Waals surface area contributed by atoms with Crippen LogP contribution in [0.15, 0.2) is 65.1 Å². The molecule has 2 aliphatic rings. The topological polar surface area (TPSA) is 132 Å². The lowest BCUT2D eigenvalue weighted by Gasteiger charge is -2.43. The Balaban J connectivity index is 2.06. The van der Waals surface area contributed by atoms with Crippen molar-refractivity contribution in [1.29, 1.82) is 5.26 Å². The molecule has 1 aliphatic carbocycles. The molecule has 9 heteroatoms. The van der Waals surface area contributed by atoms with Crippen molar-refractivity contribution in [3.05, 3.63) is 80.8 Å². The van der Waals surface area contributed by atoms with E-state index in [2.05, 4.69) is 6.07 Å². The first-order chi connectivity index (χ1) is 17.6. The third-order valence-corrected chi connectivity index (χ3v) is 6.60. The van der Waals surface area contributed by atoms with Gasteiger partial charge in [0.25, 0.3) is 5.69 Å². The number of rotatable bonds is 7. The minimum atomic E-state index is -0.801. The van der Waals surface area contributed by atoms with Crippen molar-refractivity contribution in [2.75, 3.05) is 18.1 Å². The van der Waals surface area contributed by atoms with E-state index < -0.39 is 16.3 Å². The van der Waals surface area contributed by atoms with Crippen LogP contribution >= 0.6 is 0 Å². The molecule has 9 nitrogen and oxygen atoms in total. The number of nitrogens with zero attached hydrogens (tertiary/aromatic N) is 3. The number of carbonyl (C=O) groups excluding carboxylic acids is 1. The van der Waals surface area contributed by atoms with Crippen LogP contribution in [0, 0.1) is 26.9 Å². The summed E-state index contributed by atoms with van der Waals surface area (Å²) in [6.07, 6.45) is 0.700. The number of ketones is 1. The lowest BCUT2D eigenvalue weighted by Crippen LogP contribution is -2.42. The van der Waals surface area contributed by atoms with Gasteiger partial charge < -0.3 is 15.2 Å². The van der Waals surface area contributed by atoms with Crippen molar-refractivity contribution in [3.63, 3.8) is 0 Å². The number of para-hydroxylation sites is 2. The van der Waals surface area contributed by atoms with Gasteiger partial charge in [0.05, 0.1) is 35.7 Å². The van der Waals surface area contributed by atoms with E-state index in [1.165, 1.54) is 11.0 Å². The van der Waals surface area contributed by atoms with E-state index in [4.69, 9.17) is 15.2 Å². The van der Waals surface area contributed by atoms with E-state index in [1.54, 1.807) is 36.4 Å². The molecule has 2 N–H and O–H groups in total. The average Bonchev–Trinajstić information content (AvgIpc) is 2.84. The number of carbonyl (C=O) groups is 1. The fourth-order valence-electron chi connectivity index (χ4n) is 5.20.